The van der Waals surface area contributed by atoms with Crippen molar-refractivity contribution in [2.75, 3.05) is 26.2 Å². The van der Waals surface area contributed by atoms with Gasteiger partial charge < -0.3 is 5.32 Å². The van der Waals surface area contributed by atoms with E-state index in [0.717, 1.165) is 38.2 Å². The fourth-order valence-corrected chi connectivity index (χ4v) is 2.86. The van der Waals surface area contributed by atoms with Gasteiger partial charge in [-0.15, -0.1) is 12.4 Å². The number of halogens is 3. The lowest BCUT2D eigenvalue weighted by molar-refractivity contribution is 0.151. The van der Waals surface area contributed by atoms with Crippen molar-refractivity contribution in [1.29, 1.82) is 0 Å². The maximum absolute atomic E-state index is 14.1. The van der Waals surface area contributed by atoms with Crippen LogP contribution in [0.4, 0.5) is 4.39 Å². The van der Waals surface area contributed by atoms with Gasteiger partial charge in [0.15, 0.2) is 0 Å². The van der Waals surface area contributed by atoms with E-state index >= 15 is 0 Å². The third-order valence-electron chi connectivity index (χ3n) is 3.60. The number of hydrogen-bond donors (Lipinski definition) is 1. The average molecular weight is 321 g/mol. The second kappa shape index (κ2) is 8.18. The first-order valence-electron chi connectivity index (χ1n) is 6.97. The van der Waals surface area contributed by atoms with Crippen molar-refractivity contribution in [2.45, 2.75) is 26.3 Å². The van der Waals surface area contributed by atoms with Gasteiger partial charge in [0.2, 0.25) is 0 Å². The van der Waals surface area contributed by atoms with Crippen molar-refractivity contribution in [2.24, 2.45) is 5.92 Å². The van der Waals surface area contributed by atoms with Gasteiger partial charge in [0, 0.05) is 42.8 Å². The summed E-state index contributed by atoms with van der Waals surface area (Å²) in [5.41, 5.74) is 0.739. The molecule has 1 aliphatic rings. The first-order valence-corrected chi connectivity index (χ1v) is 7.35. The topological polar surface area (TPSA) is 15.3 Å². The smallest absolute Gasteiger partial charge is 0.128 e. The van der Waals surface area contributed by atoms with Crippen LogP contribution in [0.3, 0.4) is 0 Å². The summed E-state index contributed by atoms with van der Waals surface area (Å²) >= 11 is 6.04. The quantitative estimate of drug-likeness (QED) is 0.905. The molecule has 1 aromatic carbocycles. The highest BCUT2D eigenvalue weighted by molar-refractivity contribution is 6.30. The maximum Gasteiger partial charge on any atom is 0.128 e. The van der Waals surface area contributed by atoms with Crippen LogP contribution in [0.25, 0.3) is 0 Å². The highest BCUT2D eigenvalue weighted by Crippen LogP contribution is 2.31. The highest BCUT2D eigenvalue weighted by atomic mass is 35.5. The number of nitrogens with zero attached hydrogens (tertiary/aromatic N) is 1. The molecular weight excluding hydrogens is 298 g/mol. The van der Waals surface area contributed by atoms with Crippen LogP contribution in [0.1, 0.15) is 31.9 Å². The molecule has 20 heavy (non-hydrogen) atoms. The van der Waals surface area contributed by atoms with Crippen LogP contribution in [0.15, 0.2) is 18.2 Å². The molecule has 0 aromatic heterocycles. The lowest BCUT2D eigenvalue weighted by atomic mass is 9.94. The summed E-state index contributed by atoms with van der Waals surface area (Å²) < 4.78 is 14.1. The Labute approximate surface area is 132 Å². The number of piperazine rings is 1. The monoisotopic (exact) mass is 320 g/mol. The number of nitrogens with one attached hydrogen (secondary N) is 1. The first-order chi connectivity index (χ1) is 9.08. The highest BCUT2D eigenvalue weighted by Gasteiger charge is 2.25. The summed E-state index contributed by atoms with van der Waals surface area (Å²) in [5.74, 6) is 0.381. The summed E-state index contributed by atoms with van der Waals surface area (Å²) in [6.45, 7) is 8.22. The Balaban J connectivity index is 0.00000200. The van der Waals surface area contributed by atoms with E-state index in [0.29, 0.717) is 10.9 Å². The number of rotatable bonds is 4. The van der Waals surface area contributed by atoms with E-state index < -0.39 is 0 Å². The van der Waals surface area contributed by atoms with Gasteiger partial charge in [-0.25, -0.2) is 4.39 Å². The van der Waals surface area contributed by atoms with E-state index in [1.165, 1.54) is 6.07 Å². The number of benzene rings is 1. The molecule has 1 atom stereocenters. The van der Waals surface area contributed by atoms with Gasteiger partial charge >= 0.3 is 0 Å². The molecule has 1 aromatic rings. The molecule has 0 aliphatic carbocycles. The molecule has 1 aliphatic heterocycles. The Morgan fingerprint density at radius 2 is 1.95 bits per heavy atom. The second-order valence-electron chi connectivity index (χ2n) is 5.60. The van der Waals surface area contributed by atoms with Crippen LogP contribution >= 0.6 is 24.0 Å². The zero-order chi connectivity index (χ0) is 13.8. The van der Waals surface area contributed by atoms with Crippen molar-refractivity contribution in [1.82, 2.24) is 10.2 Å². The van der Waals surface area contributed by atoms with E-state index in [1.807, 2.05) is 0 Å². The van der Waals surface area contributed by atoms with Crippen molar-refractivity contribution in [3.05, 3.63) is 34.6 Å². The fraction of sp³-hybridized carbons (Fsp3) is 0.600. The Bertz CT molecular complexity index is 420. The van der Waals surface area contributed by atoms with Gasteiger partial charge in [-0.05, 0) is 30.5 Å². The molecule has 0 amide bonds. The predicted molar refractivity (Wildman–Crippen MR) is 85.3 cm³/mol. The lowest BCUT2D eigenvalue weighted by Crippen LogP contribution is -2.45. The van der Waals surface area contributed by atoms with E-state index in [4.69, 9.17) is 11.6 Å². The zero-order valence-corrected chi connectivity index (χ0v) is 13.6. The molecule has 0 bridgehead atoms. The zero-order valence-electron chi connectivity index (χ0n) is 12.0. The summed E-state index contributed by atoms with van der Waals surface area (Å²) in [4.78, 5) is 2.37. The summed E-state index contributed by atoms with van der Waals surface area (Å²) in [6, 6.07) is 5.00. The minimum absolute atomic E-state index is 0. The molecule has 0 saturated carbocycles. The third kappa shape index (κ3) is 4.59. The van der Waals surface area contributed by atoms with E-state index in [2.05, 4.69) is 24.1 Å². The van der Waals surface area contributed by atoms with Gasteiger partial charge in [0.05, 0.1) is 0 Å². The number of hydrogen-bond acceptors (Lipinski definition) is 2. The van der Waals surface area contributed by atoms with Crippen LogP contribution in [0.5, 0.6) is 0 Å². The Morgan fingerprint density at radius 1 is 1.30 bits per heavy atom. The maximum atomic E-state index is 14.1. The van der Waals surface area contributed by atoms with Crippen LogP contribution in [-0.2, 0) is 0 Å². The summed E-state index contributed by atoms with van der Waals surface area (Å²) in [5, 5.41) is 3.95. The molecular formula is C15H23Cl2FN2. The molecule has 1 N–H and O–H groups in total. The summed E-state index contributed by atoms with van der Waals surface area (Å²) in [7, 11) is 0. The largest absolute Gasteiger partial charge is 0.314 e. The first kappa shape index (κ1) is 17.7. The van der Waals surface area contributed by atoms with E-state index in [1.54, 1.807) is 12.1 Å². The Morgan fingerprint density at radius 3 is 2.55 bits per heavy atom. The van der Waals surface area contributed by atoms with Gasteiger partial charge in [0.25, 0.3) is 0 Å². The second-order valence-corrected chi connectivity index (χ2v) is 6.03. The molecule has 2 rings (SSSR count). The molecule has 5 heteroatoms. The normalized spacial score (nSPS) is 17.9. The van der Waals surface area contributed by atoms with Gasteiger partial charge in [-0.1, -0.05) is 25.4 Å². The molecule has 2 nitrogen and oxygen atoms in total. The van der Waals surface area contributed by atoms with E-state index in [-0.39, 0.29) is 24.3 Å². The molecule has 1 saturated heterocycles. The lowest BCUT2D eigenvalue weighted by Gasteiger charge is -2.36. The average Bonchev–Trinajstić information content (AvgIpc) is 2.40. The Kier molecular flexibility index (Phi) is 7.24. The molecule has 0 spiro atoms. The SMILES string of the molecule is CC(C)C[C@@H](c1cc(Cl)ccc1F)N1CCNCC1.Cl. The van der Waals surface area contributed by atoms with Crippen LogP contribution in [0.2, 0.25) is 5.02 Å². The van der Waals surface area contributed by atoms with Crippen LogP contribution in [-0.4, -0.2) is 31.1 Å². The van der Waals surface area contributed by atoms with Gasteiger partial charge in [-0.3, -0.25) is 4.90 Å². The van der Waals surface area contributed by atoms with Crippen molar-refractivity contribution in [3.63, 3.8) is 0 Å². The molecule has 114 valence electrons. The molecule has 1 heterocycles. The van der Waals surface area contributed by atoms with Gasteiger partial charge in [-0.2, -0.15) is 0 Å². The van der Waals surface area contributed by atoms with Gasteiger partial charge in [0.1, 0.15) is 5.82 Å². The van der Waals surface area contributed by atoms with Crippen LogP contribution < -0.4 is 5.32 Å². The molecule has 0 unspecified atom stereocenters. The van der Waals surface area contributed by atoms with Crippen LogP contribution in [0, 0.1) is 11.7 Å². The third-order valence-corrected chi connectivity index (χ3v) is 3.84. The summed E-state index contributed by atoms with van der Waals surface area (Å²) in [6.07, 6.45) is 0.956. The Hall–Kier alpha value is -0.350. The molecule has 1 fully saturated rings. The van der Waals surface area contributed by atoms with Crippen molar-refractivity contribution in [3.8, 4) is 0 Å². The van der Waals surface area contributed by atoms with Crippen molar-refractivity contribution < 1.29 is 4.39 Å². The minimum Gasteiger partial charge on any atom is -0.314 e. The van der Waals surface area contributed by atoms with Crippen molar-refractivity contribution >= 4 is 24.0 Å². The standard InChI is InChI=1S/C15H22ClFN2.ClH/c1-11(2)9-15(19-7-5-18-6-8-19)13-10-12(16)3-4-14(13)17;/h3-4,10-11,15,18H,5-9H2,1-2H3;1H/t15-;/m0./s1. The predicted octanol–water partition coefficient (Wildman–Crippen LogP) is 3.89. The van der Waals surface area contributed by atoms with E-state index in [9.17, 15) is 4.39 Å². The minimum atomic E-state index is -0.145. The fourth-order valence-electron chi connectivity index (χ4n) is 2.68. The molecule has 0 radical (unpaired) electrons.